The van der Waals surface area contributed by atoms with Crippen LogP contribution in [0.5, 0.6) is 0 Å². The summed E-state index contributed by atoms with van der Waals surface area (Å²) in [6.45, 7) is 3.29. The van der Waals surface area contributed by atoms with E-state index >= 15 is 0 Å². The Bertz CT molecular complexity index is 412. The highest BCUT2D eigenvalue weighted by Crippen LogP contribution is 2.28. The van der Waals surface area contributed by atoms with Crippen molar-refractivity contribution >= 4 is 12.0 Å². The normalized spacial score (nSPS) is 11.1. The molecule has 2 N–H and O–H groups in total. The van der Waals surface area contributed by atoms with Gasteiger partial charge in [-0.3, -0.25) is 9.78 Å². The maximum atomic E-state index is 12.2. The Morgan fingerprint density at radius 3 is 2.53 bits per heavy atom. The smallest absolute Gasteiger partial charge is 0.366 e. The minimum Gasteiger partial charge on any atom is -0.366 e. The summed E-state index contributed by atoms with van der Waals surface area (Å²) in [6.07, 6.45) is -2.63. The van der Waals surface area contributed by atoms with Crippen LogP contribution in [0.4, 0.5) is 13.2 Å². The fourth-order valence-electron chi connectivity index (χ4n) is 1.00. The summed E-state index contributed by atoms with van der Waals surface area (Å²) in [5, 5.41) is 0. The van der Waals surface area contributed by atoms with Gasteiger partial charge in [0.05, 0.1) is 5.56 Å². The van der Waals surface area contributed by atoms with E-state index in [9.17, 15) is 18.0 Å². The number of primary amides is 1. The molecule has 0 atom stereocenters. The maximum absolute atomic E-state index is 12.2. The van der Waals surface area contributed by atoms with Crippen LogP contribution in [-0.2, 0) is 6.18 Å². The third-order valence-electron chi connectivity index (χ3n) is 1.71. The van der Waals surface area contributed by atoms with Crippen LogP contribution in [0.25, 0.3) is 6.08 Å². The van der Waals surface area contributed by atoms with E-state index in [1.165, 1.54) is 0 Å². The standard InChI is InChI=1S/C9H7F3N2O/c1-2-5-3-7(9(10,11)12)14-4-6(5)8(13)15/h2-4H,1H2,(H2,13,15). The van der Waals surface area contributed by atoms with E-state index in [1.54, 1.807) is 0 Å². The van der Waals surface area contributed by atoms with Crippen LogP contribution in [0.2, 0.25) is 0 Å². The van der Waals surface area contributed by atoms with Crippen molar-refractivity contribution in [3.05, 3.63) is 35.7 Å². The highest BCUT2D eigenvalue weighted by molar-refractivity contribution is 5.96. The van der Waals surface area contributed by atoms with Crippen molar-refractivity contribution in [2.75, 3.05) is 0 Å². The van der Waals surface area contributed by atoms with Gasteiger partial charge in [-0.2, -0.15) is 13.2 Å². The number of rotatable bonds is 2. The fourth-order valence-corrected chi connectivity index (χ4v) is 1.00. The molecule has 0 radical (unpaired) electrons. The van der Waals surface area contributed by atoms with Gasteiger partial charge < -0.3 is 5.73 Å². The molecule has 0 aromatic carbocycles. The lowest BCUT2D eigenvalue weighted by Gasteiger charge is -2.08. The van der Waals surface area contributed by atoms with Gasteiger partial charge in [0.25, 0.3) is 5.91 Å². The molecular formula is C9H7F3N2O. The maximum Gasteiger partial charge on any atom is 0.433 e. The monoisotopic (exact) mass is 216 g/mol. The molecule has 0 aliphatic rings. The summed E-state index contributed by atoms with van der Waals surface area (Å²) in [7, 11) is 0. The fraction of sp³-hybridized carbons (Fsp3) is 0.111. The topological polar surface area (TPSA) is 56.0 Å². The molecule has 1 amide bonds. The van der Waals surface area contributed by atoms with Gasteiger partial charge in [0.15, 0.2) is 0 Å². The molecule has 0 unspecified atom stereocenters. The van der Waals surface area contributed by atoms with Crippen LogP contribution in [-0.4, -0.2) is 10.9 Å². The number of halogens is 3. The summed E-state index contributed by atoms with van der Waals surface area (Å²) in [5.74, 6) is -0.842. The van der Waals surface area contributed by atoms with E-state index in [4.69, 9.17) is 5.73 Å². The Morgan fingerprint density at radius 1 is 1.53 bits per heavy atom. The number of carbonyl (C=O) groups excluding carboxylic acids is 1. The summed E-state index contributed by atoms with van der Waals surface area (Å²) >= 11 is 0. The predicted octanol–water partition coefficient (Wildman–Crippen LogP) is 1.84. The Hall–Kier alpha value is -1.85. The molecule has 1 aromatic heterocycles. The third-order valence-corrected chi connectivity index (χ3v) is 1.71. The third kappa shape index (κ3) is 2.34. The average Bonchev–Trinajstić information content (AvgIpc) is 2.15. The Balaban J connectivity index is 3.31. The Kier molecular flexibility index (Phi) is 2.78. The number of aromatic nitrogens is 1. The number of hydrogen-bond donors (Lipinski definition) is 1. The Morgan fingerprint density at radius 2 is 2.13 bits per heavy atom. The molecule has 0 saturated carbocycles. The van der Waals surface area contributed by atoms with Crippen LogP contribution in [0.1, 0.15) is 21.6 Å². The largest absolute Gasteiger partial charge is 0.433 e. The minimum atomic E-state index is -4.55. The van der Waals surface area contributed by atoms with Gasteiger partial charge in [0.1, 0.15) is 5.69 Å². The van der Waals surface area contributed by atoms with Gasteiger partial charge in [-0.1, -0.05) is 12.7 Å². The van der Waals surface area contributed by atoms with Crippen LogP contribution in [0.15, 0.2) is 18.8 Å². The first kappa shape index (κ1) is 11.2. The molecule has 0 bridgehead atoms. The number of nitrogens with zero attached hydrogens (tertiary/aromatic N) is 1. The van der Waals surface area contributed by atoms with E-state index in [1.807, 2.05) is 0 Å². The van der Waals surface area contributed by atoms with Crippen molar-refractivity contribution in [1.29, 1.82) is 0 Å². The zero-order chi connectivity index (χ0) is 11.6. The molecule has 1 aromatic rings. The first-order valence-electron chi connectivity index (χ1n) is 3.85. The second kappa shape index (κ2) is 3.72. The summed E-state index contributed by atoms with van der Waals surface area (Å²) < 4.78 is 36.7. The van der Waals surface area contributed by atoms with Crippen molar-refractivity contribution in [1.82, 2.24) is 4.98 Å². The second-order valence-electron chi connectivity index (χ2n) is 2.72. The zero-order valence-electron chi connectivity index (χ0n) is 7.51. The molecule has 0 aliphatic heterocycles. The molecule has 6 heteroatoms. The number of amides is 1. The number of pyridine rings is 1. The summed E-state index contributed by atoms with van der Waals surface area (Å²) in [4.78, 5) is 13.9. The van der Waals surface area contributed by atoms with Gasteiger partial charge in [0, 0.05) is 6.20 Å². The molecule has 0 saturated heterocycles. The molecule has 15 heavy (non-hydrogen) atoms. The van der Waals surface area contributed by atoms with Crippen LogP contribution in [0, 0.1) is 0 Å². The molecule has 0 fully saturated rings. The van der Waals surface area contributed by atoms with E-state index < -0.39 is 17.8 Å². The molecule has 0 aliphatic carbocycles. The van der Waals surface area contributed by atoms with Gasteiger partial charge >= 0.3 is 6.18 Å². The molecule has 1 rings (SSSR count). The Labute approximate surface area is 83.4 Å². The van der Waals surface area contributed by atoms with E-state index in [2.05, 4.69) is 11.6 Å². The van der Waals surface area contributed by atoms with Crippen LogP contribution >= 0.6 is 0 Å². The lowest BCUT2D eigenvalue weighted by Crippen LogP contribution is -2.15. The molecule has 80 valence electrons. The van der Waals surface area contributed by atoms with Crippen molar-refractivity contribution in [3.63, 3.8) is 0 Å². The zero-order valence-corrected chi connectivity index (χ0v) is 7.51. The summed E-state index contributed by atoms with van der Waals surface area (Å²) in [5.41, 5.74) is 3.79. The minimum absolute atomic E-state index is 0.0184. The van der Waals surface area contributed by atoms with Gasteiger partial charge in [-0.25, -0.2) is 0 Å². The SMILES string of the molecule is C=Cc1cc(C(F)(F)F)ncc1C(N)=O. The van der Waals surface area contributed by atoms with Crippen molar-refractivity contribution < 1.29 is 18.0 Å². The first-order chi connectivity index (χ1) is 6.86. The highest BCUT2D eigenvalue weighted by atomic mass is 19.4. The lowest BCUT2D eigenvalue weighted by molar-refractivity contribution is -0.141. The predicted molar refractivity (Wildman–Crippen MR) is 47.8 cm³/mol. The quantitative estimate of drug-likeness (QED) is 0.820. The van der Waals surface area contributed by atoms with Crippen molar-refractivity contribution in [2.45, 2.75) is 6.18 Å². The first-order valence-corrected chi connectivity index (χ1v) is 3.85. The highest BCUT2D eigenvalue weighted by Gasteiger charge is 2.33. The van der Waals surface area contributed by atoms with Crippen LogP contribution in [0.3, 0.4) is 0 Å². The average molecular weight is 216 g/mol. The second-order valence-corrected chi connectivity index (χ2v) is 2.72. The lowest BCUT2D eigenvalue weighted by atomic mass is 10.1. The van der Waals surface area contributed by atoms with Crippen LogP contribution < -0.4 is 5.73 Å². The van der Waals surface area contributed by atoms with Crippen molar-refractivity contribution in [3.8, 4) is 0 Å². The van der Waals surface area contributed by atoms with E-state index in [0.29, 0.717) is 0 Å². The molecular weight excluding hydrogens is 209 g/mol. The molecule has 1 heterocycles. The number of alkyl halides is 3. The molecule has 0 spiro atoms. The van der Waals surface area contributed by atoms with E-state index in [0.717, 1.165) is 18.3 Å². The van der Waals surface area contributed by atoms with Crippen molar-refractivity contribution in [2.24, 2.45) is 5.73 Å². The van der Waals surface area contributed by atoms with E-state index in [-0.39, 0.29) is 11.1 Å². The number of carbonyl (C=O) groups is 1. The summed E-state index contributed by atoms with van der Waals surface area (Å²) in [6, 6.07) is 0.729. The number of hydrogen-bond acceptors (Lipinski definition) is 2. The van der Waals surface area contributed by atoms with Gasteiger partial charge in [-0.05, 0) is 11.6 Å². The molecule has 3 nitrogen and oxygen atoms in total. The number of nitrogens with two attached hydrogens (primary N) is 1. The van der Waals surface area contributed by atoms with Gasteiger partial charge in [-0.15, -0.1) is 0 Å². The van der Waals surface area contributed by atoms with Gasteiger partial charge in [0.2, 0.25) is 0 Å².